The van der Waals surface area contributed by atoms with E-state index < -0.39 is 0 Å². The van der Waals surface area contributed by atoms with E-state index in [1.807, 2.05) is 12.2 Å². The highest BCUT2D eigenvalue weighted by Gasteiger charge is 2.26. The van der Waals surface area contributed by atoms with Crippen molar-refractivity contribution in [1.29, 1.82) is 0 Å². The standard InChI is InChI=1S/C15H24O2/c1-4-6-14(7-5-2)12(3)17-15-9-8-13(10-15)11-16/h4-6,12-13,15-16H,1-2,7-11H2,3H3/b14-6+/t12?,13-,15+/m1/s1. The van der Waals surface area contributed by atoms with E-state index in [9.17, 15) is 0 Å². The van der Waals surface area contributed by atoms with E-state index in [0.29, 0.717) is 12.0 Å². The summed E-state index contributed by atoms with van der Waals surface area (Å²) in [5.41, 5.74) is 1.21. The van der Waals surface area contributed by atoms with Crippen molar-refractivity contribution < 1.29 is 9.84 Å². The van der Waals surface area contributed by atoms with E-state index in [1.165, 1.54) is 5.57 Å². The second kappa shape index (κ2) is 7.46. The number of ether oxygens (including phenoxy) is 1. The Morgan fingerprint density at radius 2 is 2.24 bits per heavy atom. The molecule has 0 spiro atoms. The van der Waals surface area contributed by atoms with Crippen LogP contribution in [0.4, 0.5) is 0 Å². The molecule has 0 aromatic heterocycles. The second-order valence-corrected chi connectivity index (χ2v) is 4.73. The first-order chi connectivity index (χ1) is 8.21. The van der Waals surface area contributed by atoms with Crippen molar-refractivity contribution in [1.82, 2.24) is 0 Å². The minimum Gasteiger partial charge on any atom is -0.396 e. The van der Waals surface area contributed by atoms with Crippen LogP contribution in [0.1, 0.15) is 32.6 Å². The molecule has 2 nitrogen and oxygen atoms in total. The minimum atomic E-state index is 0.105. The molecule has 0 amide bonds. The van der Waals surface area contributed by atoms with Gasteiger partial charge in [-0.1, -0.05) is 24.8 Å². The van der Waals surface area contributed by atoms with E-state index in [4.69, 9.17) is 9.84 Å². The lowest BCUT2D eigenvalue weighted by molar-refractivity contribution is 0.0167. The minimum absolute atomic E-state index is 0.105. The monoisotopic (exact) mass is 236 g/mol. The molecular formula is C15H24O2. The number of allylic oxidation sites excluding steroid dienone is 3. The van der Waals surface area contributed by atoms with Crippen LogP contribution in [0, 0.1) is 5.92 Å². The van der Waals surface area contributed by atoms with Crippen LogP contribution in [-0.4, -0.2) is 23.9 Å². The van der Waals surface area contributed by atoms with Crippen molar-refractivity contribution in [2.45, 2.75) is 44.8 Å². The molecule has 17 heavy (non-hydrogen) atoms. The first-order valence-electron chi connectivity index (χ1n) is 6.40. The summed E-state index contributed by atoms with van der Waals surface area (Å²) in [4.78, 5) is 0. The van der Waals surface area contributed by atoms with Crippen LogP contribution in [0.5, 0.6) is 0 Å². The van der Waals surface area contributed by atoms with Crippen molar-refractivity contribution in [3.63, 3.8) is 0 Å². The largest absolute Gasteiger partial charge is 0.396 e. The highest BCUT2D eigenvalue weighted by atomic mass is 16.5. The lowest BCUT2D eigenvalue weighted by Crippen LogP contribution is -2.19. The summed E-state index contributed by atoms with van der Waals surface area (Å²) < 4.78 is 6.04. The van der Waals surface area contributed by atoms with Crippen LogP contribution in [0.3, 0.4) is 0 Å². The fourth-order valence-corrected chi connectivity index (χ4v) is 2.38. The molecule has 0 bridgehead atoms. The number of hydrogen-bond donors (Lipinski definition) is 1. The zero-order chi connectivity index (χ0) is 12.7. The summed E-state index contributed by atoms with van der Waals surface area (Å²) in [7, 11) is 0. The molecule has 1 saturated carbocycles. The van der Waals surface area contributed by atoms with Gasteiger partial charge in [-0.15, -0.1) is 6.58 Å². The maximum atomic E-state index is 9.10. The van der Waals surface area contributed by atoms with Gasteiger partial charge >= 0.3 is 0 Å². The van der Waals surface area contributed by atoms with Gasteiger partial charge in [0, 0.05) is 6.61 Å². The van der Waals surface area contributed by atoms with Crippen LogP contribution < -0.4 is 0 Å². The maximum absolute atomic E-state index is 9.10. The van der Waals surface area contributed by atoms with E-state index in [-0.39, 0.29) is 12.7 Å². The van der Waals surface area contributed by atoms with Gasteiger partial charge in [-0.2, -0.15) is 0 Å². The zero-order valence-corrected chi connectivity index (χ0v) is 10.8. The van der Waals surface area contributed by atoms with Crippen LogP contribution in [0.15, 0.2) is 37.0 Å². The quantitative estimate of drug-likeness (QED) is 0.543. The third kappa shape index (κ3) is 4.49. The lowest BCUT2D eigenvalue weighted by atomic mass is 10.1. The zero-order valence-electron chi connectivity index (χ0n) is 10.8. The van der Waals surface area contributed by atoms with E-state index in [0.717, 1.165) is 25.7 Å². The molecule has 3 atom stereocenters. The second-order valence-electron chi connectivity index (χ2n) is 4.73. The highest BCUT2D eigenvalue weighted by Crippen LogP contribution is 2.29. The number of aliphatic hydroxyl groups excluding tert-OH is 1. The van der Waals surface area contributed by atoms with Gasteiger partial charge in [0.25, 0.3) is 0 Å². The summed E-state index contributed by atoms with van der Waals surface area (Å²) in [6, 6.07) is 0. The fourth-order valence-electron chi connectivity index (χ4n) is 2.38. The predicted octanol–water partition coefficient (Wildman–Crippen LogP) is 3.24. The summed E-state index contributed by atoms with van der Waals surface area (Å²) in [6.07, 6.45) is 10.0. The Balaban J connectivity index is 2.47. The molecule has 1 aliphatic rings. The molecule has 1 fully saturated rings. The number of aliphatic hydroxyl groups is 1. The van der Waals surface area contributed by atoms with Crippen molar-refractivity contribution in [3.05, 3.63) is 37.0 Å². The number of hydrogen-bond acceptors (Lipinski definition) is 2. The van der Waals surface area contributed by atoms with Crippen molar-refractivity contribution in [3.8, 4) is 0 Å². The molecule has 1 unspecified atom stereocenters. The Kier molecular flexibility index (Phi) is 6.23. The summed E-state index contributed by atoms with van der Waals surface area (Å²) in [5.74, 6) is 0.429. The third-order valence-electron chi connectivity index (χ3n) is 3.38. The van der Waals surface area contributed by atoms with Gasteiger partial charge in [0.05, 0.1) is 12.2 Å². The molecule has 0 aromatic carbocycles. The van der Waals surface area contributed by atoms with Crippen molar-refractivity contribution >= 4 is 0 Å². The normalized spacial score (nSPS) is 26.8. The first kappa shape index (κ1) is 14.2. The molecule has 0 saturated heterocycles. The summed E-state index contributed by atoms with van der Waals surface area (Å²) in [6.45, 7) is 9.84. The Morgan fingerprint density at radius 3 is 2.76 bits per heavy atom. The molecule has 0 aromatic rings. The Bertz CT molecular complexity index is 281. The first-order valence-corrected chi connectivity index (χ1v) is 6.40. The predicted molar refractivity (Wildman–Crippen MR) is 71.9 cm³/mol. The SMILES string of the molecule is C=C/C=C(\CC=C)C(C)O[C@H]1CC[C@@H](CO)C1. The maximum Gasteiger partial charge on any atom is 0.0766 e. The van der Waals surface area contributed by atoms with E-state index >= 15 is 0 Å². The van der Waals surface area contributed by atoms with Crippen LogP contribution in [0.25, 0.3) is 0 Å². The molecule has 96 valence electrons. The highest BCUT2D eigenvalue weighted by molar-refractivity contribution is 5.17. The van der Waals surface area contributed by atoms with Crippen LogP contribution in [-0.2, 0) is 4.74 Å². The molecule has 2 heteroatoms. The van der Waals surface area contributed by atoms with Gasteiger partial charge in [-0.3, -0.25) is 0 Å². The Morgan fingerprint density at radius 1 is 1.47 bits per heavy atom. The van der Waals surface area contributed by atoms with Gasteiger partial charge in [-0.05, 0) is 44.1 Å². The average molecular weight is 236 g/mol. The van der Waals surface area contributed by atoms with Crippen LogP contribution in [0.2, 0.25) is 0 Å². The molecule has 0 heterocycles. The topological polar surface area (TPSA) is 29.5 Å². The summed E-state index contributed by atoms with van der Waals surface area (Å²) >= 11 is 0. The number of rotatable bonds is 7. The lowest BCUT2D eigenvalue weighted by Gasteiger charge is -2.20. The van der Waals surface area contributed by atoms with Gasteiger partial charge in [-0.25, -0.2) is 0 Å². The van der Waals surface area contributed by atoms with Gasteiger partial charge in [0.15, 0.2) is 0 Å². The smallest absolute Gasteiger partial charge is 0.0766 e. The molecule has 1 N–H and O–H groups in total. The van der Waals surface area contributed by atoms with Gasteiger partial charge in [0.2, 0.25) is 0 Å². The Labute approximate surface area is 105 Å². The average Bonchev–Trinajstić information content (AvgIpc) is 2.76. The van der Waals surface area contributed by atoms with E-state index in [2.05, 4.69) is 20.1 Å². The van der Waals surface area contributed by atoms with Crippen molar-refractivity contribution in [2.24, 2.45) is 5.92 Å². The van der Waals surface area contributed by atoms with Gasteiger partial charge < -0.3 is 9.84 Å². The summed E-state index contributed by atoms with van der Waals surface area (Å²) in [5, 5.41) is 9.10. The fraction of sp³-hybridized carbons (Fsp3) is 0.600. The third-order valence-corrected chi connectivity index (χ3v) is 3.38. The van der Waals surface area contributed by atoms with Crippen LogP contribution >= 0.6 is 0 Å². The molecule has 1 rings (SSSR count). The Hall–Kier alpha value is -0.860. The van der Waals surface area contributed by atoms with Gasteiger partial charge in [0.1, 0.15) is 0 Å². The molecule has 1 aliphatic carbocycles. The molecule has 0 aliphatic heterocycles. The molecule has 0 radical (unpaired) electrons. The van der Waals surface area contributed by atoms with Crippen molar-refractivity contribution in [2.75, 3.05) is 6.61 Å². The van der Waals surface area contributed by atoms with E-state index in [1.54, 1.807) is 6.08 Å². The molecular weight excluding hydrogens is 212 g/mol.